The second-order valence-electron chi connectivity index (χ2n) is 24.5. The minimum atomic E-state index is -1.19. The fourth-order valence-electron chi connectivity index (χ4n) is 17.5. The van der Waals surface area contributed by atoms with Crippen LogP contribution in [0.25, 0.3) is 66.8 Å². The van der Waals surface area contributed by atoms with Gasteiger partial charge in [0.2, 0.25) is 0 Å². The molecule has 0 saturated carbocycles. The Morgan fingerprint density at radius 3 is 0.667 bits per heavy atom. The molecule has 0 amide bonds. The average molecular weight is 1160 g/mol. The smallest absolute Gasteiger partial charge is 0.195 e. The van der Waals surface area contributed by atoms with E-state index in [9.17, 15) is 0 Å². The second kappa shape index (κ2) is 17.9. The fraction of sp³-hybridized carbons (Fsp3) is 0.0357. The summed E-state index contributed by atoms with van der Waals surface area (Å²) in [5.41, 5.74) is 20.3. The molecule has 0 unspecified atom stereocenters. The van der Waals surface area contributed by atoms with Crippen molar-refractivity contribution in [1.29, 1.82) is 0 Å². The van der Waals surface area contributed by atoms with Crippen LogP contribution in [-0.2, 0) is 16.2 Å². The maximum absolute atomic E-state index is 16.1. The highest BCUT2D eigenvalue weighted by molar-refractivity contribution is 6.17. The summed E-state index contributed by atoms with van der Waals surface area (Å²) in [7, 11) is 0. The lowest BCUT2D eigenvalue weighted by atomic mass is 9.63. The average Bonchev–Trinajstić information content (AvgIpc) is 1.45. The molecule has 0 saturated heterocycles. The van der Waals surface area contributed by atoms with Gasteiger partial charge in [0.15, 0.2) is 17.3 Å². The van der Waals surface area contributed by atoms with Gasteiger partial charge in [0.05, 0.1) is 32.9 Å². The maximum Gasteiger partial charge on any atom is 0.195 e. The molecule has 0 heterocycles. The van der Waals surface area contributed by atoms with Gasteiger partial charge in [-0.25, -0.2) is 13.2 Å². The number of carbonyl (C=O) groups is 3. The summed E-state index contributed by atoms with van der Waals surface area (Å²) in [5, 5.41) is 0. The Hall–Kier alpha value is -11.3. The summed E-state index contributed by atoms with van der Waals surface area (Å²) in [4.78, 5) is 45.8. The van der Waals surface area contributed by atoms with E-state index in [1.807, 2.05) is 36.4 Å². The maximum atomic E-state index is 16.1. The van der Waals surface area contributed by atoms with E-state index in [1.165, 1.54) is 36.4 Å². The number of ketones is 3. The molecule has 3 nitrogen and oxygen atoms in total. The molecule has 420 valence electrons. The van der Waals surface area contributed by atoms with E-state index in [0.717, 1.165) is 134 Å². The van der Waals surface area contributed by atoms with Crippen molar-refractivity contribution in [1.82, 2.24) is 0 Å². The Labute approximate surface area is 515 Å². The lowest BCUT2D eigenvalue weighted by Crippen LogP contribution is -2.31. The second-order valence-corrected chi connectivity index (χ2v) is 24.5. The molecule has 0 aromatic heterocycles. The van der Waals surface area contributed by atoms with Gasteiger partial charge >= 0.3 is 0 Å². The van der Waals surface area contributed by atoms with Gasteiger partial charge in [0.25, 0.3) is 0 Å². The summed E-state index contributed by atoms with van der Waals surface area (Å²) in [6.07, 6.45) is 0. The molecule has 0 N–H and O–H groups in total. The standard InChI is InChI=1S/C84H45F3O3/c85-70-34-16-7-25-58(70)79(88)46-37-40-55-67(43-46)82(61-28-10-1-19-49(61)50-20-2-11-29-62(50)82)76-73(55)77-75(57-42-39-48(81(90)60-27-9-18-36-72(60)87)45-69(57)84(77)65-32-14-5-23-53(65)54-24-6-15-33-66(54)84)78-74(76)56-41-38-47(80(89)59-26-8-17-35-71(59)86)44-68(56)83(78)63-30-12-3-21-51(63)52-22-4-13-31-64(52)83/h1-45H. The van der Waals surface area contributed by atoms with E-state index >= 15 is 27.6 Å². The number of hydrogen-bond donors (Lipinski definition) is 0. The van der Waals surface area contributed by atoms with Gasteiger partial charge in [0.1, 0.15) is 17.5 Å². The Balaban J connectivity index is 1.07. The Morgan fingerprint density at radius 1 is 0.222 bits per heavy atom. The van der Waals surface area contributed by atoms with Crippen molar-refractivity contribution >= 4 is 17.3 Å². The zero-order valence-electron chi connectivity index (χ0n) is 47.8. The van der Waals surface area contributed by atoms with Gasteiger partial charge in [-0.3, -0.25) is 14.4 Å². The third-order valence-electron chi connectivity index (χ3n) is 20.7. The van der Waals surface area contributed by atoms with Crippen molar-refractivity contribution in [2.45, 2.75) is 16.2 Å². The largest absolute Gasteiger partial charge is 0.288 e. The van der Waals surface area contributed by atoms with Crippen LogP contribution in [0.3, 0.4) is 0 Å². The van der Waals surface area contributed by atoms with Gasteiger partial charge < -0.3 is 0 Å². The number of benzene rings is 13. The highest BCUT2D eigenvalue weighted by atomic mass is 19.1. The Kier molecular flexibility index (Phi) is 10.1. The van der Waals surface area contributed by atoms with Crippen molar-refractivity contribution < 1.29 is 27.6 Å². The van der Waals surface area contributed by atoms with Crippen LogP contribution in [-0.4, -0.2) is 17.3 Å². The number of rotatable bonds is 6. The van der Waals surface area contributed by atoms with Gasteiger partial charge in [-0.05, 0) is 188 Å². The zero-order chi connectivity index (χ0) is 60.1. The molecule has 19 rings (SSSR count). The van der Waals surface area contributed by atoms with Crippen LogP contribution in [0.5, 0.6) is 0 Å². The molecule has 6 heteroatoms. The van der Waals surface area contributed by atoms with Crippen LogP contribution in [0.4, 0.5) is 13.2 Å². The molecule has 6 aliphatic rings. The molecule has 0 radical (unpaired) electrons. The van der Waals surface area contributed by atoms with Crippen LogP contribution in [0.15, 0.2) is 273 Å². The minimum Gasteiger partial charge on any atom is -0.288 e. The minimum absolute atomic E-state index is 0.0412. The van der Waals surface area contributed by atoms with E-state index in [2.05, 4.69) is 164 Å². The third kappa shape index (κ3) is 5.99. The van der Waals surface area contributed by atoms with E-state index in [4.69, 9.17) is 0 Å². The zero-order valence-corrected chi connectivity index (χ0v) is 47.8. The third-order valence-corrected chi connectivity index (χ3v) is 20.7. The first-order valence-corrected chi connectivity index (χ1v) is 30.3. The molecule has 3 spiro atoms. The van der Waals surface area contributed by atoms with Gasteiger partial charge in [-0.2, -0.15) is 0 Å². The van der Waals surface area contributed by atoms with Gasteiger partial charge in [-0.1, -0.05) is 218 Å². The number of hydrogen-bond acceptors (Lipinski definition) is 3. The molecule has 0 fully saturated rings. The molecule has 90 heavy (non-hydrogen) atoms. The van der Waals surface area contributed by atoms with Crippen LogP contribution >= 0.6 is 0 Å². The number of fused-ring (bicyclic) bond motifs is 33. The molecule has 0 bridgehead atoms. The Bertz CT molecular complexity index is 4820. The van der Waals surface area contributed by atoms with Crippen molar-refractivity contribution in [3.8, 4) is 66.8 Å². The molecule has 0 atom stereocenters. The molecule has 13 aromatic rings. The quantitative estimate of drug-likeness (QED) is 0.156. The monoisotopic (exact) mass is 1160 g/mol. The highest BCUT2D eigenvalue weighted by Crippen LogP contribution is 2.77. The lowest BCUT2D eigenvalue weighted by Gasteiger charge is -2.37. The van der Waals surface area contributed by atoms with Crippen LogP contribution in [0, 0.1) is 17.5 Å². The van der Waals surface area contributed by atoms with Crippen molar-refractivity contribution in [3.63, 3.8) is 0 Å². The molecule has 0 aliphatic heterocycles. The van der Waals surface area contributed by atoms with Crippen molar-refractivity contribution in [3.05, 3.63) is 391 Å². The first-order valence-electron chi connectivity index (χ1n) is 30.3. The van der Waals surface area contributed by atoms with E-state index < -0.39 is 51.0 Å². The fourth-order valence-corrected chi connectivity index (χ4v) is 17.5. The van der Waals surface area contributed by atoms with Crippen molar-refractivity contribution in [2.75, 3.05) is 0 Å². The number of halogens is 3. The Morgan fingerprint density at radius 2 is 0.433 bits per heavy atom. The predicted octanol–water partition coefficient (Wildman–Crippen LogP) is 18.8. The predicted molar refractivity (Wildman–Crippen MR) is 345 cm³/mol. The highest BCUT2D eigenvalue weighted by Gasteiger charge is 2.65. The van der Waals surface area contributed by atoms with E-state index in [-0.39, 0.29) is 16.7 Å². The van der Waals surface area contributed by atoms with Crippen LogP contribution in [0.1, 0.15) is 115 Å². The first kappa shape index (κ1) is 50.8. The molecule has 6 aliphatic carbocycles. The molecular weight excluding hydrogens is 1110 g/mol. The SMILES string of the molecule is O=C(c1ccc2c(c1)C1(c3ccccc3-c3ccccc31)c1c-2c2c(c3c1-c1ccc(C(=O)c4ccccc4F)cc1C31c3ccccc3-c3ccccc31)-c1ccc(C(=O)c3ccccc3F)cc1C21c2ccccc2-c2ccccc21)c1ccccc1F. The summed E-state index contributed by atoms with van der Waals surface area (Å²) < 4.78 is 48.4. The lowest BCUT2D eigenvalue weighted by molar-refractivity contribution is 0.102. The summed E-state index contributed by atoms with van der Waals surface area (Å²) in [6.45, 7) is 0. The van der Waals surface area contributed by atoms with Crippen molar-refractivity contribution in [2.24, 2.45) is 0 Å². The summed E-state index contributed by atoms with van der Waals surface area (Å²) in [5.74, 6) is -3.23. The molecule has 13 aromatic carbocycles. The first-order chi connectivity index (χ1) is 44.2. The van der Waals surface area contributed by atoms with Gasteiger partial charge in [-0.15, -0.1) is 0 Å². The normalized spacial score (nSPS) is 14.6. The number of carbonyl (C=O) groups excluding carboxylic acids is 3. The van der Waals surface area contributed by atoms with E-state index in [0.29, 0.717) is 16.7 Å². The summed E-state index contributed by atoms with van der Waals surface area (Å²) >= 11 is 0. The topological polar surface area (TPSA) is 51.2 Å². The van der Waals surface area contributed by atoms with Crippen LogP contribution in [0.2, 0.25) is 0 Å². The van der Waals surface area contributed by atoms with Crippen LogP contribution < -0.4 is 0 Å². The van der Waals surface area contributed by atoms with E-state index in [1.54, 1.807) is 36.4 Å². The van der Waals surface area contributed by atoms with Gasteiger partial charge in [0, 0.05) is 16.7 Å². The summed E-state index contributed by atoms with van der Waals surface area (Å²) in [6, 6.07) is 87.5. The molecular formula is C84H45F3O3.